The van der Waals surface area contributed by atoms with E-state index in [9.17, 15) is 22.8 Å². The van der Waals surface area contributed by atoms with Gasteiger partial charge in [-0.1, -0.05) is 36.4 Å². The molecule has 0 atom stereocenters. The molecule has 3 aromatic carbocycles. The normalized spacial score (nSPS) is 11.1. The highest BCUT2D eigenvalue weighted by atomic mass is 19.4. The average Bonchev–Trinajstić information content (AvgIpc) is 3.34. The van der Waals surface area contributed by atoms with Crippen LogP contribution < -0.4 is 16.4 Å². The van der Waals surface area contributed by atoms with Crippen molar-refractivity contribution in [3.8, 4) is 22.5 Å². The lowest BCUT2D eigenvalue weighted by Crippen LogP contribution is -2.20. The Morgan fingerprint density at radius 2 is 1.50 bits per heavy atom. The number of carbonyl (C=O) groups excluding carboxylic acids is 2. The number of benzene rings is 3. The van der Waals surface area contributed by atoms with Gasteiger partial charge in [0.25, 0.3) is 5.91 Å². The molecule has 0 bridgehead atoms. The maximum Gasteiger partial charge on any atom is 0.417 e. The predicted octanol–water partition coefficient (Wildman–Crippen LogP) is 4.30. The Balaban J connectivity index is 2.01. The Hall–Kier alpha value is -4.74. The number of carbonyl (C=O) groups is 2. The van der Waals surface area contributed by atoms with Gasteiger partial charge in [-0.25, -0.2) is 4.79 Å². The van der Waals surface area contributed by atoms with E-state index in [1.165, 1.54) is 30.3 Å². The first-order valence-electron chi connectivity index (χ1n) is 9.76. The summed E-state index contributed by atoms with van der Waals surface area (Å²) in [6.45, 7) is 0. The van der Waals surface area contributed by atoms with E-state index in [4.69, 9.17) is 5.73 Å². The second-order valence-corrected chi connectivity index (χ2v) is 7.00. The van der Waals surface area contributed by atoms with Gasteiger partial charge in [0, 0.05) is 16.8 Å². The third-order valence-electron chi connectivity index (χ3n) is 4.82. The van der Waals surface area contributed by atoms with Crippen LogP contribution in [0.25, 0.3) is 22.5 Å². The van der Waals surface area contributed by atoms with Crippen LogP contribution in [0.4, 0.5) is 29.3 Å². The standard InChI is InChI=1S/C22H16F3N7O2/c23-22(24,25)14-9-5-4-8-13(14)17-15(27-20(33)12-6-2-1-3-7-12)10-11-16(28-21(26)34)18(17)19-29-31-32-30-19/h1-11H,(H,27,33)(H3,26,28,34)(H,29,30,31,32). The molecule has 12 heteroatoms. The van der Waals surface area contributed by atoms with Gasteiger partial charge in [0.1, 0.15) is 0 Å². The van der Waals surface area contributed by atoms with Crippen molar-refractivity contribution in [2.24, 2.45) is 5.73 Å². The van der Waals surface area contributed by atoms with E-state index in [0.717, 1.165) is 6.07 Å². The molecular weight excluding hydrogens is 451 g/mol. The Kier molecular flexibility index (Phi) is 5.95. The number of tetrazole rings is 1. The number of nitrogens with zero attached hydrogens (tertiary/aromatic N) is 3. The first kappa shape index (κ1) is 22.5. The monoisotopic (exact) mass is 467 g/mol. The number of aromatic amines is 1. The van der Waals surface area contributed by atoms with Crippen molar-refractivity contribution in [3.63, 3.8) is 0 Å². The molecule has 0 spiro atoms. The number of alkyl halides is 3. The number of H-pyrrole nitrogens is 1. The second-order valence-electron chi connectivity index (χ2n) is 7.00. The number of hydrogen-bond donors (Lipinski definition) is 4. The van der Waals surface area contributed by atoms with E-state index in [2.05, 4.69) is 31.3 Å². The van der Waals surface area contributed by atoms with Gasteiger partial charge in [-0.3, -0.25) is 4.79 Å². The Labute approximate surface area is 190 Å². The number of urea groups is 1. The van der Waals surface area contributed by atoms with Gasteiger partial charge in [0.2, 0.25) is 5.82 Å². The van der Waals surface area contributed by atoms with Crippen LogP contribution in [0.2, 0.25) is 0 Å². The van der Waals surface area contributed by atoms with Crippen molar-refractivity contribution in [2.45, 2.75) is 6.18 Å². The van der Waals surface area contributed by atoms with Crippen molar-refractivity contribution >= 4 is 23.3 Å². The lowest BCUT2D eigenvalue weighted by Gasteiger charge is -2.21. The number of anilines is 2. The Morgan fingerprint density at radius 1 is 0.853 bits per heavy atom. The van der Waals surface area contributed by atoms with E-state index in [-0.39, 0.29) is 39.5 Å². The first-order chi connectivity index (χ1) is 16.3. The summed E-state index contributed by atoms with van der Waals surface area (Å²) in [4.78, 5) is 24.5. The minimum Gasteiger partial charge on any atom is -0.351 e. The van der Waals surface area contributed by atoms with Crippen LogP contribution >= 0.6 is 0 Å². The maximum atomic E-state index is 14.0. The number of hydrogen-bond acceptors (Lipinski definition) is 5. The number of aromatic nitrogens is 4. The van der Waals surface area contributed by atoms with Crippen LogP contribution in [-0.2, 0) is 6.18 Å². The number of nitrogens with one attached hydrogen (secondary N) is 3. The summed E-state index contributed by atoms with van der Waals surface area (Å²) in [7, 11) is 0. The molecule has 172 valence electrons. The zero-order chi connectivity index (χ0) is 24.3. The molecule has 9 nitrogen and oxygen atoms in total. The lowest BCUT2D eigenvalue weighted by molar-refractivity contribution is -0.137. The van der Waals surface area contributed by atoms with Gasteiger partial charge in [-0.05, 0) is 41.1 Å². The molecule has 0 unspecified atom stereocenters. The summed E-state index contributed by atoms with van der Waals surface area (Å²) in [6, 6.07) is 14.7. The third-order valence-corrected chi connectivity index (χ3v) is 4.82. The van der Waals surface area contributed by atoms with Gasteiger partial charge in [-0.2, -0.15) is 18.4 Å². The number of primary amides is 1. The average molecular weight is 467 g/mol. The van der Waals surface area contributed by atoms with Gasteiger partial charge in [0.15, 0.2) is 0 Å². The van der Waals surface area contributed by atoms with E-state index in [1.807, 2.05) is 0 Å². The topological polar surface area (TPSA) is 139 Å². The largest absolute Gasteiger partial charge is 0.417 e. The zero-order valence-electron chi connectivity index (χ0n) is 17.2. The lowest BCUT2D eigenvalue weighted by atomic mass is 9.91. The molecule has 1 aromatic heterocycles. The number of amides is 3. The fourth-order valence-corrected chi connectivity index (χ4v) is 3.46. The summed E-state index contributed by atoms with van der Waals surface area (Å²) in [5.41, 5.74) is 4.27. The van der Waals surface area contributed by atoms with Crippen LogP contribution in [0, 0.1) is 0 Å². The molecule has 0 radical (unpaired) electrons. The minimum atomic E-state index is -4.72. The molecule has 4 rings (SSSR count). The van der Waals surface area contributed by atoms with Crippen molar-refractivity contribution in [2.75, 3.05) is 10.6 Å². The van der Waals surface area contributed by atoms with Crippen LogP contribution in [0.5, 0.6) is 0 Å². The fraction of sp³-hybridized carbons (Fsp3) is 0.0455. The Morgan fingerprint density at radius 3 is 2.12 bits per heavy atom. The molecule has 0 aliphatic heterocycles. The molecule has 5 N–H and O–H groups in total. The number of nitrogens with two attached hydrogens (primary N) is 1. The van der Waals surface area contributed by atoms with Gasteiger partial charge in [0.05, 0.1) is 16.8 Å². The van der Waals surface area contributed by atoms with Crippen molar-refractivity contribution in [3.05, 3.63) is 77.9 Å². The second kappa shape index (κ2) is 9.02. The zero-order valence-corrected chi connectivity index (χ0v) is 17.2. The van der Waals surface area contributed by atoms with Gasteiger partial charge >= 0.3 is 12.2 Å². The summed E-state index contributed by atoms with van der Waals surface area (Å²) in [5, 5.41) is 18.5. The summed E-state index contributed by atoms with van der Waals surface area (Å²) in [5.74, 6) is -0.674. The van der Waals surface area contributed by atoms with E-state index in [1.54, 1.807) is 30.3 Å². The molecule has 3 amide bonds. The molecule has 0 saturated heterocycles. The molecule has 0 saturated carbocycles. The predicted molar refractivity (Wildman–Crippen MR) is 118 cm³/mol. The van der Waals surface area contributed by atoms with Crippen LogP contribution in [-0.4, -0.2) is 32.6 Å². The maximum absolute atomic E-state index is 14.0. The SMILES string of the molecule is NC(=O)Nc1ccc(NC(=O)c2ccccc2)c(-c2ccccc2C(F)(F)F)c1-c1nn[nH]n1. The summed E-state index contributed by atoms with van der Waals surface area (Å²) >= 11 is 0. The first-order valence-corrected chi connectivity index (χ1v) is 9.76. The number of halogens is 3. The quantitative estimate of drug-likeness (QED) is 0.347. The molecule has 0 aliphatic rings. The summed E-state index contributed by atoms with van der Waals surface area (Å²) in [6.07, 6.45) is -4.72. The molecular formula is C22H16F3N7O2. The van der Waals surface area contributed by atoms with Crippen molar-refractivity contribution in [1.29, 1.82) is 0 Å². The highest BCUT2D eigenvalue weighted by Gasteiger charge is 2.35. The third kappa shape index (κ3) is 4.55. The molecule has 0 aliphatic carbocycles. The highest BCUT2D eigenvalue weighted by Crippen LogP contribution is 2.46. The molecule has 1 heterocycles. The molecule has 4 aromatic rings. The van der Waals surface area contributed by atoms with Crippen LogP contribution in [0.1, 0.15) is 15.9 Å². The van der Waals surface area contributed by atoms with Crippen molar-refractivity contribution < 1.29 is 22.8 Å². The fourth-order valence-electron chi connectivity index (χ4n) is 3.46. The molecule has 0 fully saturated rings. The molecule has 34 heavy (non-hydrogen) atoms. The van der Waals surface area contributed by atoms with Crippen molar-refractivity contribution in [1.82, 2.24) is 20.6 Å². The highest BCUT2D eigenvalue weighted by molar-refractivity contribution is 6.10. The van der Waals surface area contributed by atoms with E-state index < -0.39 is 23.7 Å². The van der Waals surface area contributed by atoms with Gasteiger partial charge in [-0.15, -0.1) is 10.2 Å². The minimum absolute atomic E-state index is 0.0184. The van der Waals surface area contributed by atoms with Crippen LogP contribution in [0.15, 0.2) is 66.7 Å². The van der Waals surface area contributed by atoms with Crippen LogP contribution in [0.3, 0.4) is 0 Å². The van der Waals surface area contributed by atoms with E-state index >= 15 is 0 Å². The number of rotatable bonds is 5. The van der Waals surface area contributed by atoms with E-state index in [0.29, 0.717) is 0 Å². The smallest absolute Gasteiger partial charge is 0.351 e. The summed E-state index contributed by atoms with van der Waals surface area (Å²) < 4.78 is 41.9. The Bertz CT molecular complexity index is 1340. The van der Waals surface area contributed by atoms with Gasteiger partial charge < -0.3 is 16.4 Å².